The van der Waals surface area contributed by atoms with E-state index in [1.165, 1.54) is 10.4 Å². The zero-order chi connectivity index (χ0) is 22.7. The standard InChI is InChI=1S/C23H27N3O5S/c1-17-8-9-18(16-21(17)32(29,30)26-12-14-31-15-13-26)22(27)24-20-7-3-2-6-19(20)23(28)25-10-4-5-11-25/h2-3,6-9,16H,4-5,10-15H2,1H3,(H,24,27). The fraction of sp³-hybridized carbons (Fsp3) is 0.391. The number of carbonyl (C=O) groups is 2. The summed E-state index contributed by atoms with van der Waals surface area (Å²) in [5.74, 6) is -0.581. The number of hydrogen-bond donors (Lipinski definition) is 1. The summed E-state index contributed by atoms with van der Waals surface area (Å²) >= 11 is 0. The molecule has 0 unspecified atom stereocenters. The van der Waals surface area contributed by atoms with Gasteiger partial charge in [0.2, 0.25) is 10.0 Å². The van der Waals surface area contributed by atoms with Gasteiger partial charge in [0.05, 0.1) is 29.4 Å². The molecule has 9 heteroatoms. The molecule has 0 aliphatic carbocycles. The largest absolute Gasteiger partial charge is 0.379 e. The van der Waals surface area contributed by atoms with E-state index in [-0.39, 0.29) is 29.5 Å². The molecule has 0 saturated carbocycles. The summed E-state index contributed by atoms with van der Waals surface area (Å²) in [5, 5.41) is 2.79. The van der Waals surface area contributed by atoms with Crippen LogP contribution in [0.1, 0.15) is 39.1 Å². The Labute approximate surface area is 188 Å². The number of ether oxygens (including phenoxy) is 1. The van der Waals surface area contributed by atoms with Crippen molar-refractivity contribution in [3.8, 4) is 0 Å². The van der Waals surface area contributed by atoms with Crippen molar-refractivity contribution in [2.24, 2.45) is 0 Å². The molecule has 2 aliphatic rings. The molecule has 0 radical (unpaired) electrons. The minimum absolute atomic E-state index is 0.105. The molecule has 0 bridgehead atoms. The Morgan fingerprint density at radius 3 is 2.38 bits per heavy atom. The van der Waals surface area contributed by atoms with Crippen molar-refractivity contribution in [3.63, 3.8) is 0 Å². The van der Waals surface area contributed by atoms with Crippen molar-refractivity contribution in [2.45, 2.75) is 24.7 Å². The third kappa shape index (κ3) is 4.55. The van der Waals surface area contributed by atoms with E-state index in [2.05, 4.69) is 5.32 Å². The third-order valence-electron chi connectivity index (χ3n) is 5.84. The average Bonchev–Trinajstić information content (AvgIpc) is 3.35. The first kappa shape index (κ1) is 22.4. The molecule has 0 spiro atoms. The Bertz CT molecular complexity index is 1120. The number of aryl methyl sites for hydroxylation is 1. The second-order valence-corrected chi connectivity index (χ2v) is 9.90. The van der Waals surface area contributed by atoms with Gasteiger partial charge in [0.1, 0.15) is 0 Å². The second-order valence-electron chi connectivity index (χ2n) is 8.00. The lowest BCUT2D eigenvalue weighted by atomic mass is 10.1. The number of nitrogens with zero attached hydrogens (tertiary/aromatic N) is 2. The summed E-state index contributed by atoms with van der Waals surface area (Å²) in [6.07, 6.45) is 1.95. The number of benzene rings is 2. The maximum Gasteiger partial charge on any atom is 0.255 e. The Hall–Kier alpha value is -2.75. The SMILES string of the molecule is Cc1ccc(C(=O)Nc2ccccc2C(=O)N2CCCC2)cc1S(=O)(=O)N1CCOCC1. The summed E-state index contributed by atoms with van der Waals surface area (Å²) in [4.78, 5) is 27.8. The number of anilines is 1. The van der Waals surface area contributed by atoms with Crippen molar-refractivity contribution < 1.29 is 22.7 Å². The first-order valence-electron chi connectivity index (χ1n) is 10.8. The first-order chi connectivity index (χ1) is 15.4. The molecule has 2 aromatic carbocycles. The highest BCUT2D eigenvalue weighted by Gasteiger charge is 2.29. The smallest absolute Gasteiger partial charge is 0.255 e. The molecular formula is C23H27N3O5S. The van der Waals surface area contributed by atoms with Crippen LogP contribution in [0.3, 0.4) is 0 Å². The number of nitrogens with one attached hydrogen (secondary N) is 1. The summed E-state index contributed by atoms with van der Waals surface area (Å²) in [6.45, 7) is 4.39. The third-order valence-corrected chi connectivity index (χ3v) is 7.88. The van der Waals surface area contributed by atoms with Crippen LogP contribution in [-0.2, 0) is 14.8 Å². The molecular weight excluding hydrogens is 430 g/mol. The maximum atomic E-state index is 13.1. The van der Waals surface area contributed by atoms with Crippen LogP contribution in [0.5, 0.6) is 0 Å². The van der Waals surface area contributed by atoms with E-state index >= 15 is 0 Å². The van der Waals surface area contributed by atoms with Crippen LogP contribution in [0.2, 0.25) is 0 Å². The molecule has 32 heavy (non-hydrogen) atoms. The second kappa shape index (κ2) is 9.40. The zero-order valence-electron chi connectivity index (χ0n) is 18.0. The van der Waals surface area contributed by atoms with Gasteiger partial charge >= 0.3 is 0 Å². The molecule has 2 saturated heterocycles. The molecule has 8 nitrogen and oxygen atoms in total. The summed E-state index contributed by atoms with van der Waals surface area (Å²) in [6, 6.07) is 11.5. The summed E-state index contributed by atoms with van der Waals surface area (Å²) in [5.41, 5.74) is 1.62. The number of sulfonamides is 1. The Kier molecular flexibility index (Phi) is 6.59. The number of hydrogen-bond acceptors (Lipinski definition) is 5. The van der Waals surface area contributed by atoms with Gasteiger partial charge in [-0.25, -0.2) is 8.42 Å². The van der Waals surface area contributed by atoms with Crippen LogP contribution in [-0.4, -0.2) is 68.8 Å². The first-order valence-corrected chi connectivity index (χ1v) is 12.2. The quantitative estimate of drug-likeness (QED) is 0.744. The van der Waals surface area contributed by atoms with Gasteiger partial charge < -0.3 is 15.0 Å². The molecule has 4 rings (SSSR count). The number of rotatable bonds is 5. The van der Waals surface area contributed by atoms with Gasteiger partial charge in [-0.3, -0.25) is 9.59 Å². The van der Waals surface area contributed by atoms with Gasteiger partial charge in [0, 0.05) is 31.7 Å². The lowest BCUT2D eigenvalue weighted by molar-refractivity contribution is 0.0730. The van der Waals surface area contributed by atoms with Crippen LogP contribution in [0.25, 0.3) is 0 Å². The Balaban J connectivity index is 1.59. The minimum atomic E-state index is -3.74. The molecule has 1 N–H and O–H groups in total. The molecule has 2 aliphatic heterocycles. The summed E-state index contributed by atoms with van der Waals surface area (Å²) < 4.78 is 32.9. The van der Waals surface area contributed by atoms with E-state index in [1.54, 1.807) is 48.2 Å². The van der Waals surface area contributed by atoms with E-state index in [1.807, 2.05) is 0 Å². The maximum absolute atomic E-state index is 13.1. The fourth-order valence-corrected chi connectivity index (χ4v) is 5.67. The lowest BCUT2D eigenvalue weighted by Crippen LogP contribution is -2.40. The topological polar surface area (TPSA) is 96.0 Å². The van der Waals surface area contributed by atoms with E-state index in [0.717, 1.165) is 12.8 Å². The van der Waals surface area contributed by atoms with Crippen LogP contribution in [0, 0.1) is 6.92 Å². The average molecular weight is 458 g/mol. The van der Waals surface area contributed by atoms with Gasteiger partial charge in [0.25, 0.3) is 11.8 Å². The highest BCUT2D eigenvalue weighted by atomic mass is 32.2. The molecule has 0 atom stereocenters. The molecule has 2 heterocycles. The van der Waals surface area contributed by atoms with Crippen LogP contribution < -0.4 is 5.32 Å². The van der Waals surface area contributed by atoms with Gasteiger partial charge in [-0.1, -0.05) is 18.2 Å². The molecule has 2 fully saturated rings. The number of amides is 2. The van der Waals surface area contributed by atoms with Gasteiger partial charge in [-0.15, -0.1) is 0 Å². The highest BCUT2D eigenvalue weighted by Crippen LogP contribution is 2.24. The molecule has 2 aromatic rings. The number of para-hydroxylation sites is 1. The van der Waals surface area contributed by atoms with Crippen molar-refractivity contribution in [3.05, 3.63) is 59.2 Å². The van der Waals surface area contributed by atoms with E-state index in [9.17, 15) is 18.0 Å². The van der Waals surface area contributed by atoms with Gasteiger partial charge in [-0.05, 0) is 49.6 Å². The van der Waals surface area contributed by atoms with Crippen molar-refractivity contribution in [2.75, 3.05) is 44.7 Å². The number of likely N-dealkylation sites (tertiary alicyclic amines) is 1. The van der Waals surface area contributed by atoms with Crippen molar-refractivity contribution in [1.82, 2.24) is 9.21 Å². The fourth-order valence-electron chi connectivity index (χ4n) is 4.01. The highest BCUT2D eigenvalue weighted by molar-refractivity contribution is 7.89. The molecule has 170 valence electrons. The predicted octanol–water partition coefficient (Wildman–Crippen LogP) is 2.50. The Morgan fingerprint density at radius 2 is 1.66 bits per heavy atom. The predicted molar refractivity (Wildman–Crippen MR) is 120 cm³/mol. The van der Waals surface area contributed by atoms with Crippen molar-refractivity contribution in [1.29, 1.82) is 0 Å². The van der Waals surface area contributed by atoms with E-state index in [4.69, 9.17) is 4.74 Å². The van der Waals surface area contributed by atoms with Gasteiger partial charge in [-0.2, -0.15) is 4.31 Å². The Morgan fingerprint density at radius 1 is 0.969 bits per heavy atom. The molecule has 0 aromatic heterocycles. The number of morpholine rings is 1. The monoisotopic (exact) mass is 457 g/mol. The van der Waals surface area contributed by atoms with E-state index in [0.29, 0.717) is 43.1 Å². The molecule has 2 amide bonds. The zero-order valence-corrected chi connectivity index (χ0v) is 18.9. The lowest BCUT2D eigenvalue weighted by Gasteiger charge is -2.26. The van der Waals surface area contributed by atoms with Crippen molar-refractivity contribution >= 4 is 27.5 Å². The van der Waals surface area contributed by atoms with Gasteiger partial charge in [0.15, 0.2) is 0 Å². The normalized spacial score (nSPS) is 17.3. The van der Waals surface area contributed by atoms with E-state index < -0.39 is 15.9 Å². The summed E-state index contributed by atoms with van der Waals surface area (Å²) in [7, 11) is -3.74. The van der Waals surface area contributed by atoms with Crippen LogP contribution >= 0.6 is 0 Å². The van der Waals surface area contributed by atoms with Crippen LogP contribution in [0.15, 0.2) is 47.4 Å². The minimum Gasteiger partial charge on any atom is -0.379 e. The number of carbonyl (C=O) groups excluding carboxylic acids is 2. The van der Waals surface area contributed by atoms with Crippen LogP contribution in [0.4, 0.5) is 5.69 Å².